The van der Waals surface area contributed by atoms with Gasteiger partial charge in [0.05, 0.1) is 0 Å². The Labute approximate surface area is 156 Å². The first kappa shape index (κ1) is 18.8. The van der Waals surface area contributed by atoms with Gasteiger partial charge in [0, 0.05) is 38.8 Å². The first-order valence-corrected chi connectivity index (χ1v) is 9.55. The van der Waals surface area contributed by atoms with Gasteiger partial charge in [-0.1, -0.05) is 19.9 Å². The lowest BCUT2D eigenvalue weighted by molar-refractivity contribution is 0.0513. The van der Waals surface area contributed by atoms with Gasteiger partial charge in [-0.3, -0.25) is 4.99 Å². The van der Waals surface area contributed by atoms with Crippen molar-refractivity contribution < 1.29 is 14.2 Å². The second-order valence-corrected chi connectivity index (χ2v) is 7.50. The fourth-order valence-corrected chi connectivity index (χ4v) is 3.51. The van der Waals surface area contributed by atoms with Crippen LogP contribution in [0.25, 0.3) is 0 Å². The summed E-state index contributed by atoms with van der Waals surface area (Å²) < 4.78 is 16.7. The van der Waals surface area contributed by atoms with Crippen molar-refractivity contribution in [1.29, 1.82) is 0 Å². The third-order valence-corrected chi connectivity index (χ3v) is 5.27. The Hall–Kier alpha value is -1.95. The molecule has 144 valence electrons. The van der Waals surface area contributed by atoms with Crippen LogP contribution in [-0.4, -0.2) is 46.1 Å². The zero-order valence-electron chi connectivity index (χ0n) is 16.1. The third kappa shape index (κ3) is 4.41. The summed E-state index contributed by atoms with van der Waals surface area (Å²) >= 11 is 0. The molecule has 0 unspecified atom stereocenters. The Morgan fingerprint density at radius 3 is 2.65 bits per heavy atom. The summed E-state index contributed by atoms with van der Waals surface area (Å²) in [6.45, 7) is 8.06. The SMILES string of the molecule is CN=C(NCCC(C)C)NCC1(c2ccc3c(c2)OCO3)CCOCC1. The highest BCUT2D eigenvalue weighted by molar-refractivity contribution is 5.79. The van der Waals surface area contributed by atoms with E-state index in [1.807, 2.05) is 13.1 Å². The van der Waals surface area contributed by atoms with Gasteiger partial charge < -0.3 is 24.8 Å². The molecular weight excluding hydrogens is 330 g/mol. The minimum Gasteiger partial charge on any atom is -0.454 e. The van der Waals surface area contributed by atoms with Gasteiger partial charge in [-0.2, -0.15) is 0 Å². The van der Waals surface area contributed by atoms with Crippen LogP contribution in [0.2, 0.25) is 0 Å². The summed E-state index contributed by atoms with van der Waals surface area (Å²) in [7, 11) is 1.82. The van der Waals surface area contributed by atoms with Crippen LogP contribution < -0.4 is 20.1 Å². The molecule has 0 amide bonds. The lowest BCUT2D eigenvalue weighted by atomic mass is 9.74. The molecule has 1 aromatic rings. The van der Waals surface area contributed by atoms with E-state index in [1.54, 1.807) is 0 Å². The molecule has 2 heterocycles. The number of nitrogens with zero attached hydrogens (tertiary/aromatic N) is 1. The summed E-state index contributed by atoms with van der Waals surface area (Å²) in [6, 6.07) is 6.31. The number of rotatable bonds is 6. The summed E-state index contributed by atoms with van der Waals surface area (Å²) in [5.74, 6) is 3.20. The maximum atomic E-state index is 5.63. The molecule has 6 heteroatoms. The molecule has 2 N–H and O–H groups in total. The summed E-state index contributed by atoms with van der Waals surface area (Å²) in [5.41, 5.74) is 1.28. The predicted octanol–water partition coefficient (Wildman–Crippen LogP) is 2.67. The smallest absolute Gasteiger partial charge is 0.231 e. The summed E-state index contributed by atoms with van der Waals surface area (Å²) in [6.07, 6.45) is 3.08. The molecule has 2 aliphatic rings. The Kier molecular flexibility index (Phi) is 6.25. The minimum atomic E-state index is 0.00883. The molecule has 1 saturated heterocycles. The molecule has 3 rings (SSSR count). The maximum Gasteiger partial charge on any atom is 0.231 e. The number of nitrogens with one attached hydrogen (secondary N) is 2. The van der Waals surface area contributed by atoms with Crippen LogP contribution in [0.1, 0.15) is 38.7 Å². The number of benzene rings is 1. The van der Waals surface area contributed by atoms with E-state index in [9.17, 15) is 0 Å². The third-order valence-electron chi connectivity index (χ3n) is 5.27. The van der Waals surface area contributed by atoms with E-state index in [4.69, 9.17) is 14.2 Å². The van der Waals surface area contributed by atoms with Gasteiger partial charge in [-0.25, -0.2) is 0 Å². The number of ether oxygens (including phenoxy) is 3. The molecule has 0 aliphatic carbocycles. The van der Waals surface area contributed by atoms with Crippen LogP contribution in [0.4, 0.5) is 0 Å². The van der Waals surface area contributed by atoms with Gasteiger partial charge >= 0.3 is 0 Å². The van der Waals surface area contributed by atoms with Crippen LogP contribution in [0.15, 0.2) is 23.2 Å². The van der Waals surface area contributed by atoms with Gasteiger partial charge in [-0.15, -0.1) is 0 Å². The number of hydrogen-bond acceptors (Lipinski definition) is 4. The molecule has 0 aromatic heterocycles. The normalized spacial score (nSPS) is 18.8. The molecule has 0 saturated carbocycles. The highest BCUT2D eigenvalue weighted by Crippen LogP contribution is 2.40. The second-order valence-electron chi connectivity index (χ2n) is 7.50. The molecular formula is C20H31N3O3. The lowest BCUT2D eigenvalue weighted by Crippen LogP contribution is -2.48. The number of guanidine groups is 1. The van der Waals surface area contributed by atoms with Gasteiger partial charge in [0.15, 0.2) is 17.5 Å². The molecule has 1 aromatic carbocycles. The van der Waals surface area contributed by atoms with E-state index in [-0.39, 0.29) is 5.41 Å². The first-order valence-electron chi connectivity index (χ1n) is 9.55. The Bertz CT molecular complexity index is 625. The van der Waals surface area contributed by atoms with E-state index in [1.165, 1.54) is 5.56 Å². The number of hydrogen-bond donors (Lipinski definition) is 2. The molecule has 0 radical (unpaired) electrons. The zero-order chi connectivity index (χ0) is 18.4. The molecule has 26 heavy (non-hydrogen) atoms. The molecule has 6 nitrogen and oxygen atoms in total. The van der Waals surface area contributed by atoms with Crippen LogP contribution >= 0.6 is 0 Å². The van der Waals surface area contributed by atoms with Crippen molar-refractivity contribution in [3.63, 3.8) is 0 Å². The number of aliphatic imine (C=N–C) groups is 1. The van der Waals surface area contributed by atoms with Crippen LogP contribution in [0.3, 0.4) is 0 Å². The van der Waals surface area contributed by atoms with Crippen molar-refractivity contribution in [3.05, 3.63) is 23.8 Å². The highest BCUT2D eigenvalue weighted by atomic mass is 16.7. The standard InChI is InChI=1S/C20H31N3O3/c1-15(2)6-9-22-19(21-3)23-13-20(7-10-24-11-8-20)16-4-5-17-18(12-16)26-14-25-17/h4-5,12,15H,6-11,13-14H2,1-3H3,(H2,21,22,23). The fraction of sp³-hybridized carbons (Fsp3) is 0.650. The van der Waals surface area contributed by atoms with Crippen LogP contribution in [0, 0.1) is 5.92 Å². The zero-order valence-corrected chi connectivity index (χ0v) is 16.1. The van der Waals surface area contributed by atoms with Crippen molar-refractivity contribution in [1.82, 2.24) is 10.6 Å². The van der Waals surface area contributed by atoms with Gasteiger partial charge in [0.2, 0.25) is 6.79 Å². The Morgan fingerprint density at radius 1 is 1.15 bits per heavy atom. The van der Waals surface area contributed by atoms with E-state index >= 15 is 0 Å². The van der Waals surface area contributed by atoms with Crippen molar-refractivity contribution in [3.8, 4) is 11.5 Å². The molecule has 0 atom stereocenters. The van der Waals surface area contributed by atoms with Crippen molar-refractivity contribution in [2.75, 3.05) is 40.1 Å². The quantitative estimate of drug-likeness (QED) is 0.602. The largest absolute Gasteiger partial charge is 0.454 e. The highest BCUT2D eigenvalue weighted by Gasteiger charge is 2.35. The van der Waals surface area contributed by atoms with Gasteiger partial charge in [-0.05, 0) is 42.9 Å². The Morgan fingerprint density at radius 2 is 1.92 bits per heavy atom. The molecule has 2 aliphatic heterocycles. The minimum absolute atomic E-state index is 0.00883. The van der Waals surface area contributed by atoms with Crippen molar-refractivity contribution in [2.45, 2.75) is 38.5 Å². The summed E-state index contributed by atoms with van der Waals surface area (Å²) in [4.78, 5) is 4.37. The second kappa shape index (κ2) is 8.62. The average molecular weight is 361 g/mol. The molecule has 1 fully saturated rings. The van der Waals surface area contributed by atoms with Gasteiger partial charge in [0.25, 0.3) is 0 Å². The summed E-state index contributed by atoms with van der Waals surface area (Å²) in [5, 5.41) is 6.94. The topological polar surface area (TPSA) is 64.1 Å². The Balaban J connectivity index is 1.69. The predicted molar refractivity (Wildman–Crippen MR) is 103 cm³/mol. The first-order chi connectivity index (χ1) is 12.6. The van der Waals surface area contributed by atoms with Gasteiger partial charge in [0.1, 0.15) is 0 Å². The lowest BCUT2D eigenvalue weighted by Gasteiger charge is -2.38. The van der Waals surface area contributed by atoms with E-state index < -0.39 is 0 Å². The number of fused-ring (bicyclic) bond motifs is 1. The maximum absolute atomic E-state index is 5.63. The average Bonchev–Trinajstić information content (AvgIpc) is 3.13. The van der Waals surface area contributed by atoms with Crippen LogP contribution in [-0.2, 0) is 10.2 Å². The van der Waals surface area contributed by atoms with E-state index in [0.717, 1.165) is 63.0 Å². The van der Waals surface area contributed by atoms with E-state index in [2.05, 4.69) is 41.6 Å². The molecule has 0 spiro atoms. The molecule has 0 bridgehead atoms. The van der Waals surface area contributed by atoms with E-state index in [0.29, 0.717) is 12.7 Å². The van der Waals surface area contributed by atoms with Crippen LogP contribution in [0.5, 0.6) is 11.5 Å². The van der Waals surface area contributed by atoms with Crippen molar-refractivity contribution in [2.24, 2.45) is 10.9 Å². The van der Waals surface area contributed by atoms with Crippen molar-refractivity contribution >= 4 is 5.96 Å². The monoisotopic (exact) mass is 361 g/mol. The fourth-order valence-electron chi connectivity index (χ4n) is 3.51.